The van der Waals surface area contributed by atoms with Crippen molar-refractivity contribution in [3.8, 4) is 5.75 Å². The van der Waals surface area contributed by atoms with E-state index in [9.17, 15) is 9.90 Å². The molecule has 0 bridgehead atoms. The molecule has 0 fully saturated rings. The number of aromatic hydroxyl groups is 1. The van der Waals surface area contributed by atoms with Crippen molar-refractivity contribution in [2.45, 2.75) is 45.6 Å². The van der Waals surface area contributed by atoms with Crippen LogP contribution >= 0.6 is 11.9 Å². The number of nitrogens with zero attached hydrogens (tertiary/aromatic N) is 2. The lowest BCUT2D eigenvalue weighted by Gasteiger charge is -2.20. The highest BCUT2D eigenvalue weighted by molar-refractivity contribution is 8.12. The van der Waals surface area contributed by atoms with Gasteiger partial charge in [-0.3, -0.25) is 4.79 Å². The number of carbonyl (C=O) groups excluding carboxylic acids is 1. The maximum absolute atomic E-state index is 12.2. The van der Waals surface area contributed by atoms with Crippen LogP contribution in [0.2, 0.25) is 0 Å². The topological polar surface area (TPSA) is 64.9 Å². The lowest BCUT2D eigenvalue weighted by Crippen LogP contribution is -2.33. The number of para-hydroxylation sites is 1. The predicted octanol–water partition coefficient (Wildman–Crippen LogP) is 3.33. The number of hydrazine groups is 1. The number of Topliss-reactive ketones (excluding diaryl/α,β-unsaturated/α-hetero) is 1. The number of carbonyl (C=O) groups is 1. The molecule has 114 valence electrons. The van der Waals surface area contributed by atoms with E-state index < -0.39 is 0 Å². The SMILES string of the molecule is CCCCC(C)N1N=C(CC(=O)c2ccccc2O)SN1. The molecule has 0 spiro atoms. The molecule has 1 heterocycles. The Morgan fingerprint density at radius 2 is 2.24 bits per heavy atom. The average Bonchev–Trinajstić information content (AvgIpc) is 2.93. The van der Waals surface area contributed by atoms with Crippen molar-refractivity contribution in [1.29, 1.82) is 0 Å². The van der Waals surface area contributed by atoms with Crippen LogP contribution in [0.3, 0.4) is 0 Å². The third-order valence-electron chi connectivity index (χ3n) is 3.39. The van der Waals surface area contributed by atoms with E-state index in [4.69, 9.17) is 0 Å². The van der Waals surface area contributed by atoms with Crippen molar-refractivity contribution in [1.82, 2.24) is 9.95 Å². The van der Waals surface area contributed by atoms with Gasteiger partial charge in [0.05, 0.1) is 18.0 Å². The Bertz CT molecular complexity index is 533. The molecule has 2 rings (SSSR count). The molecular weight excluding hydrogens is 286 g/mol. The molecule has 21 heavy (non-hydrogen) atoms. The number of rotatable bonds is 7. The van der Waals surface area contributed by atoms with Gasteiger partial charge < -0.3 is 5.11 Å². The van der Waals surface area contributed by atoms with Gasteiger partial charge in [-0.2, -0.15) is 9.93 Å². The van der Waals surface area contributed by atoms with Gasteiger partial charge in [-0.05, 0) is 37.4 Å². The molecule has 0 aliphatic carbocycles. The third-order valence-corrected chi connectivity index (χ3v) is 4.13. The third kappa shape index (κ3) is 4.22. The zero-order chi connectivity index (χ0) is 15.2. The first kappa shape index (κ1) is 15.9. The smallest absolute Gasteiger partial charge is 0.173 e. The average molecular weight is 307 g/mol. The van der Waals surface area contributed by atoms with Gasteiger partial charge in [-0.1, -0.05) is 31.9 Å². The summed E-state index contributed by atoms with van der Waals surface area (Å²) in [6.07, 6.45) is 3.58. The molecule has 0 aromatic heterocycles. The van der Waals surface area contributed by atoms with Crippen LogP contribution < -0.4 is 4.83 Å². The molecular formula is C15H21N3O2S. The molecule has 2 N–H and O–H groups in total. The molecule has 0 saturated carbocycles. The highest BCUT2D eigenvalue weighted by Gasteiger charge is 2.22. The minimum Gasteiger partial charge on any atom is -0.507 e. The van der Waals surface area contributed by atoms with Crippen LogP contribution in [0.1, 0.15) is 49.9 Å². The Morgan fingerprint density at radius 1 is 1.48 bits per heavy atom. The molecule has 5 nitrogen and oxygen atoms in total. The maximum atomic E-state index is 12.2. The normalized spacial score (nSPS) is 15.9. The molecule has 1 aliphatic heterocycles. The van der Waals surface area contributed by atoms with Crippen molar-refractivity contribution in [3.05, 3.63) is 29.8 Å². The standard InChI is InChI=1S/C15H21N3O2S/c1-3-4-7-11(2)18-16-15(21-17-18)10-14(20)12-8-5-6-9-13(12)19/h5-6,8-9,11,17,19H,3-4,7,10H2,1-2H3. The number of ketones is 1. The van der Waals surface area contributed by atoms with Gasteiger partial charge in [-0.25, -0.2) is 5.12 Å². The molecule has 1 aromatic carbocycles. The van der Waals surface area contributed by atoms with Crippen molar-refractivity contribution in [2.75, 3.05) is 0 Å². The molecule has 0 radical (unpaired) electrons. The minimum atomic E-state index is -0.121. The highest BCUT2D eigenvalue weighted by atomic mass is 32.2. The number of hydrogen-bond donors (Lipinski definition) is 2. The van der Waals surface area contributed by atoms with Crippen molar-refractivity contribution >= 4 is 22.8 Å². The van der Waals surface area contributed by atoms with Crippen molar-refractivity contribution in [3.63, 3.8) is 0 Å². The lowest BCUT2D eigenvalue weighted by molar-refractivity contribution is 0.0998. The summed E-state index contributed by atoms with van der Waals surface area (Å²) in [5, 5.41) is 16.7. The zero-order valence-electron chi connectivity index (χ0n) is 12.4. The summed E-state index contributed by atoms with van der Waals surface area (Å²) in [5.41, 5.74) is 0.346. The van der Waals surface area contributed by atoms with Crippen LogP contribution in [-0.4, -0.2) is 27.1 Å². The van der Waals surface area contributed by atoms with Crippen LogP contribution in [0.15, 0.2) is 29.4 Å². The molecule has 1 unspecified atom stereocenters. The quantitative estimate of drug-likeness (QED) is 0.597. The first-order chi connectivity index (χ1) is 10.1. The van der Waals surface area contributed by atoms with Crippen LogP contribution in [0, 0.1) is 0 Å². The van der Waals surface area contributed by atoms with Crippen molar-refractivity contribution < 1.29 is 9.90 Å². The molecule has 6 heteroatoms. The fourth-order valence-electron chi connectivity index (χ4n) is 2.08. The first-order valence-electron chi connectivity index (χ1n) is 7.22. The number of nitrogens with one attached hydrogen (secondary N) is 1. The summed E-state index contributed by atoms with van der Waals surface area (Å²) in [7, 11) is 0. The van der Waals surface area contributed by atoms with Crippen LogP contribution in [0.25, 0.3) is 0 Å². The Hall–Kier alpha value is -1.53. The van der Waals surface area contributed by atoms with Gasteiger partial charge in [0, 0.05) is 0 Å². The maximum Gasteiger partial charge on any atom is 0.173 e. The van der Waals surface area contributed by atoms with Gasteiger partial charge in [0.1, 0.15) is 10.8 Å². The summed E-state index contributed by atoms with van der Waals surface area (Å²) in [6.45, 7) is 4.28. The minimum absolute atomic E-state index is 0.0206. The molecule has 1 atom stereocenters. The largest absolute Gasteiger partial charge is 0.507 e. The summed E-state index contributed by atoms with van der Waals surface area (Å²) in [5.74, 6) is -0.101. The van der Waals surface area contributed by atoms with Crippen LogP contribution in [0.5, 0.6) is 5.75 Å². The molecule has 0 saturated heterocycles. The number of phenolic OH excluding ortho intramolecular Hbond substituents is 1. The second-order valence-corrected chi connectivity index (χ2v) is 6.00. The van der Waals surface area contributed by atoms with Crippen LogP contribution in [-0.2, 0) is 0 Å². The molecule has 0 amide bonds. The number of hydrogen-bond acceptors (Lipinski definition) is 6. The van der Waals surface area contributed by atoms with Gasteiger partial charge in [0.15, 0.2) is 5.78 Å². The Balaban J connectivity index is 1.95. The number of phenols is 1. The fraction of sp³-hybridized carbons (Fsp3) is 0.467. The van der Waals surface area contributed by atoms with Gasteiger partial charge in [0.2, 0.25) is 0 Å². The van der Waals surface area contributed by atoms with E-state index in [2.05, 4.69) is 23.8 Å². The van der Waals surface area contributed by atoms with Gasteiger partial charge in [-0.15, -0.1) is 0 Å². The van der Waals surface area contributed by atoms with E-state index in [-0.39, 0.29) is 18.0 Å². The number of benzene rings is 1. The van der Waals surface area contributed by atoms with E-state index >= 15 is 0 Å². The zero-order valence-corrected chi connectivity index (χ0v) is 13.2. The fourth-order valence-corrected chi connectivity index (χ4v) is 2.84. The van der Waals surface area contributed by atoms with Crippen molar-refractivity contribution in [2.24, 2.45) is 5.10 Å². The van der Waals surface area contributed by atoms with E-state index in [0.717, 1.165) is 24.3 Å². The van der Waals surface area contributed by atoms with Gasteiger partial charge in [0.25, 0.3) is 0 Å². The summed E-state index contributed by atoms with van der Waals surface area (Å²) < 4.78 is 0. The number of hydrazone groups is 1. The first-order valence-corrected chi connectivity index (χ1v) is 8.04. The lowest BCUT2D eigenvalue weighted by atomic mass is 10.1. The Morgan fingerprint density at radius 3 is 2.95 bits per heavy atom. The second kappa shape index (κ2) is 7.47. The van der Waals surface area contributed by atoms with E-state index in [0.29, 0.717) is 11.6 Å². The second-order valence-electron chi connectivity index (χ2n) is 5.14. The van der Waals surface area contributed by atoms with Crippen LogP contribution in [0.4, 0.5) is 0 Å². The highest BCUT2D eigenvalue weighted by Crippen LogP contribution is 2.22. The van der Waals surface area contributed by atoms with Gasteiger partial charge >= 0.3 is 0 Å². The molecule has 1 aliphatic rings. The number of unbranched alkanes of at least 4 members (excludes halogenated alkanes) is 1. The van der Waals surface area contributed by atoms with E-state index in [1.807, 2.05) is 5.12 Å². The predicted molar refractivity (Wildman–Crippen MR) is 86.0 cm³/mol. The summed E-state index contributed by atoms with van der Waals surface area (Å²) in [6, 6.07) is 6.90. The summed E-state index contributed by atoms with van der Waals surface area (Å²) in [4.78, 5) is 15.3. The van der Waals surface area contributed by atoms with E-state index in [1.54, 1.807) is 18.2 Å². The van der Waals surface area contributed by atoms with E-state index in [1.165, 1.54) is 18.0 Å². The Labute approximate surface area is 129 Å². The summed E-state index contributed by atoms with van der Waals surface area (Å²) >= 11 is 1.36. The molecule has 1 aromatic rings. The monoisotopic (exact) mass is 307 g/mol. The Kier molecular flexibility index (Phi) is 5.64.